The summed E-state index contributed by atoms with van der Waals surface area (Å²) < 4.78 is 0.972. The fraction of sp³-hybridized carbons (Fsp3) is 0.167. The summed E-state index contributed by atoms with van der Waals surface area (Å²) in [6.07, 6.45) is 0.222. The van der Waals surface area contributed by atoms with E-state index in [0.29, 0.717) is 0 Å². The van der Waals surface area contributed by atoms with Crippen LogP contribution in [0.1, 0.15) is 23.6 Å². The number of aliphatic carboxylic acids is 1. The first-order chi connectivity index (χ1) is 13.9. The van der Waals surface area contributed by atoms with Crippen molar-refractivity contribution in [2.75, 3.05) is 0 Å². The van der Waals surface area contributed by atoms with Gasteiger partial charge in [0.25, 0.3) is 0 Å². The molecule has 0 spiro atoms. The number of hydrogen-bond acceptors (Lipinski definition) is 2. The molecule has 2 N–H and O–H groups in total. The number of carbonyl (C=O) groups is 2. The highest BCUT2D eigenvalue weighted by Gasteiger charge is 2.39. The Morgan fingerprint density at radius 1 is 0.897 bits per heavy atom. The molecule has 3 aromatic rings. The summed E-state index contributed by atoms with van der Waals surface area (Å²) in [5.41, 5.74) is 1.49. The van der Waals surface area contributed by atoms with Crippen molar-refractivity contribution in [3.05, 3.63) is 105 Å². The first-order valence-electron chi connectivity index (χ1n) is 9.31. The van der Waals surface area contributed by atoms with Gasteiger partial charge < -0.3 is 10.4 Å². The number of carboxylic acids is 1. The Labute approximate surface area is 184 Å². The van der Waals surface area contributed by atoms with Crippen molar-refractivity contribution in [1.29, 1.82) is 0 Å². The predicted octanol–water partition coefficient (Wildman–Crippen LogP) is 4.41. The third kappa shape index (κ3) is 4.67. The van der Waals surface area contributed by atoms with E-state index in [2.05, 4.69) is 27.9 Å². The molecule has 3 aromatic carbocycles. The smallest absolute Gasteiger partial charge is 0.326 e. The second-order valence-corrected chi connectivity index (χ2v) is 8.18. The zero-order chi connectivity index (χ0) is 20.9. The summed E-state index contributed by atoms with van der Waals surface area (Å²) >= 11 is 2.18. The minimum atomic E-state index is -1.05. The van der Waals surface area contributed by atoms with E-state index < -0.39 is 17.4 Å². The third-order valence-electron chi connectivity index (χ3n) is 5.14. The van der Waals surface area contributed by atoms with Crippen LogP contribution < -0.4 is 5.32 Å². The van der Waals surface area contributed by atoms with Gasteiger partial charge in [-0.05, 0) is 52.3 Å². The van der Waals surface area contributed by atoms with Gasteiger partial charge in [-0.2, -0.15) is 0 Å². The van der Waals surface area contributed by atoms with Crippen LogP contribution in [0.3, 0.4) is 0 Å². The summed E-state index contributed by atoms with van der Waals surface area (Å²) in [4.78, 5) is 25.4. The number of nitrogens with one attached hydrogen (secondary N) is 1. The molecule has 0 unspecified atom stereocenters. The Hall–Kier alpha value is -2.67. The molecule has 0 aliphatic heterocycles. The van der Waals surface area contributed by atoms with Gasteiger partial charge in [-0.1, -0.05) is 78.9 Å². The molecule has 5 heteroatoms. The van der Waals surface area contributed by atoms with E-state index in [1.165, 1.54) is 0 Å². The molecule has 1 amide bonds. The normalized spacial score (nSPS) is 12.2. The molecule has 0 saturated heterocycles. The average Bonchev–Trinajstić information content (AvgIpc) is 2.75. The van der Waals surface area contributed by atoms with Gasteiger partial charge in [0, 0.05) is 9.99 Å². The van der Waals surface area contributed by atoms with Crippen molar-refractivity contribution < 1.29 is 14.7 Å². The fourth-order valence-electron chi connectivity index (χ4n) is 3.36. The van der Waals surface area contributed by atoms with E-state index in [1.807, 2.05) is 91.9 Å². The van der Waals surface area contributed by atoms with Crippen molar-refractivity contribution in [3.63, 3.8) is 0 Å². The van der Waals surface area contributed by atoms with E-state index in [-0.39, 0.29) is 12.3 Å². The zero-order valence-corrected chi connectivity index (χ0v) is 18.2. The highest BCUT2D eigenvalue weighted by Crippen LogP contribution is 2.32. The van der Waals surface area contributed by atoms with E-state index in [9.17, 15) is 14.7 Å². The van der Waals surface area contributed by atoms with Gasteiger partial charge >= 0.3 is 5.97 Å². The van der Waals surface area contributed by atoms with Crippen LogP contribution in [0.15, 0.2) is 84.9 Å². The topological polar surface area (TPSA) is 66.4 Å². The fourth-order valence-corrected chi connectivity index (χ4v) is 3.97. The van der Waals surface area contributed by atoms with Gasteiger partial charge in [0.15, 0.2) is 0 Å². The summed E-state index contributed by atoms with van der Waals surface area (Å²) in [7, 11) is 0. The molecule has 0 saturated carbocycles. The van der Waals surface area contributed by atoms with Crippen LogP contribution in [0, 0.1) is 3.57 Å². The third-order valence-corrected chi connectivity index (χ3v) is 6.19. The Morgan fingerprint density at radius 3 is 1.86 bits per heavy atom. The molecule has 0 aliphatic carbocycles. The summed E-state index contributed by atoms with van der Waals surface area (Å²) in [6, 6.07) is 25.4. The number of carbonyl (C=O) groups excluding carboxylic acids is 1. The Balaban J connectivity index is 1.95. The number of hydrogen-bond donors (Lipinski definition) is 2. The number of benzene rings is 3. The molecule has 0 aliphatic rings. The van der Waals surface area contributed by atoms with Gasteiger partial charge in [0.05, 0.1) is 5.41 Å². The molecule has 29 heavy (non-hydrogen) atoms. The van der Waals surface area contributed by atoms with E-state index >= 15 is 0 Å². The lowest BCUT2D eigenvalue weighted by atomic mass is 9.75. The lowest BCUT2D eigenvalue weighted by molar-refractivity contribution is -0.142. The van der Waals surface area contributed by atoms with Crippen LogP contribution in [0.5, 0.6) is 0 Å². The summed E-state index contributed by atoms with van der Waals surface area (Å²) in [6.45, 7) is 1.83. The first-order valence-corrected chi connectivity index (χ1v) is 10.4. The van der Waals surface area contributed by atoms with E-state index in [0.717, 1.165) is 20.3 Å². The molecule has 3 rings (SSSR count). The number of rotatable bonds is 7. The van der Waals surface area contributed by atoms with E-state index in [1.54, 1.807) is 0 Å². The molecule has 148 valence electrons. The van der Waals surface area contributed by atoms with Crippen molar-refractivity contribution >= 4 is 34.5 Å². The lowest BCUT2D eigenvalue weighted by Gasteiger charge is -2.31. The Bertz CT molecular complexity index is 950. The second kappa shape index (κ2) is 9.22. The van der Waals surface area contributed by atoms with E-state index in [4.69, 9.17) is 0 Å². The van der Waals surface area contributed by atoms with Crippen molar-refractivity contribution in [2.45, 2.75) is 24.8 Å². The SMILES string of the molecule is CC(C(=O)N[C@H](Cc1ccccc1I)C(=O)O)(c1ccccc1)c1ccccc1. The van der Waals surface area contributed by atoms with Crippen molar-refractivity contribution in [3.8, 4) is 0 Å². The van der Waals surface area contributed by atoms with Gasteiger partial charge in [-0.15, -0.1) is 0 Å². The quantitative estimate of drug-likeness (QED) is 0.474. The van der Waals surface area contributed by atoms with Crippen LogP contribution >= 0.6 is 22.6 Å². The molecule has 0 bridgehead atoms. The predicted molar refractivity (Wildman–Crippen MR) is 122 cm³/mol. The van der Waals surface area contributed by atoms with Crippen LogP contribution in [-0.2, 0) is 21.4 Å². The van der Waals surface area contributed by atoms with Gasteiger partial charge in [0.1, 0.15) is 6.04 Å². The van der Waals surface area contributed by atoms with Crippen molar-refractivity contribution in [2.24, 2.45) is 0 Å². The minimum Gasteiger partial charge on any atom is -0.480 e. The van der Waals surface area contributed by atoms with Gasteiger partial charge in [-0.25, -0.2) is 4.79 Å². The molecule has 0 heterocycles. The lowest BCUT2D eigenvalue weighted by Crippen LogP contribution is -2.50. The highest BCUT2D eigenvalue weighted by atomic mass is 127. The largest absolute Gasteiger partial charge is 0.480 e. The second-order valence-electron chi connectivity index (χ2n) is 7.02. The van der Waals surface area contributed by atoms with Crippen LogP contribution in [0.4, 0.5) is 0 Å². The molecule has 0 radical (unpaired) electrons. The maximum absolute atomic E-state index is 13.5. The molecule has 1 atom stereocenters. The molecule has 0 fully saturated rings. The van der Waals surface area contributed by atoms with Crippen LogP contribution in [0.25, 0.3) is 0 Å². The molecular weight excluding hydrogens is 477 g/mol. The number of amides is 1. The Morgan fingerprint density at radius 2 is 1.38 bits per heavy atom. The summed E-state index contributed by atoms with van der Waals surface area (Å²) in [5, 5.41) is 12.6. The first kappa shape index (κ1) is 21.0. The average molecular weight is 499 g/mol. The van der Waals surface area contributed by atoms with Gasteiger partial charge in [0.2, 0.25) is 5.91 Å². The zero-order valence-electron chi connectivity index (χ0n) is 16.0. The maximum atomic E-state index is 13.5. The standard InChI is InChI=1S/C24H22INO3/c1-24(18-11-4-2-5-12-18,19-13-6-3-7-14-19)23(29)26-21(22(27)28)16-17-10-8-9-15-20(17)25/h2-15,21H,16H2,1H3,(H,26,29)(H,27,28)/t21-/m1/s1. The maximum Gasteiger partial charge on any atom is 0.326 e. The highest BCUT2D eigenvalue weighted by molar-refractivity contribution is 14.1. The monoisotopic (exact) mass is 499 g/mol. The number of halogens is 1. The van der Waals surface area contributed by atoms with Crippen LogP contribution in [0.2, 0.25) is 0 Å². The molecule has 0 aromatic heterocycles. The Kier molecular flexibility index (Phi) is 6.69. The number of carboxylic acid groups (broad SMARTS) is 1. The molecule has 4 nitrogen and oxygen atoms in total. The van der Waals surface area contributed by atoms with Crippen molar-refractivity contribution in [1.82, 2.24) is 5.32 Å². The molecular formula is C24H22INO3. The van der Waals surface area contributed by atoms with Crippen LogP contribution in [-0.4, -0.2) is 23.0 Å². The minimum absolute atomic E-state index is 0.222. The summed E-state index contributed by atoms with van der Waals surface area (Å²) in [5.74, 6) is -1.39. The van der Waals surface area contributed by atoms with Gasteiger partial charge in [-0.3, -0.25) is 4.79 Å².